The largest absolute Gasteiger partial charge is 0.374 e. The van der Waals surface area contributed by atoms with Crippen LogP contribution in [0.4, 0.5) is 0 Å². The van der Waals surface area contributed by atoms with E-state index in [1.54, 1.807) is 0 Å². The molecule has 0 aromatic carbocycles. The second kappa shape index (κ2) is 3.94. The van der Waals surface area contributed by atoms with Crippen molar-refractivity contribution in [3.05, 3.63) is 0 Å². The highest BCUT2D eigenvalue weighted by Gasteiger charge is 2.14. The van der Waals surface area contributed by atoms with Crippen LogP contribution in [0.2, 0.25) is 0 Å². The van der Waals surface area contributed by atoms with Crippen molar-refractivity contribution in [2.24, 2.45) is 0 Å². The lowest BCUT2D eigenvalue weighted by molar-refractivity contribution is 0.00777. The fourth-order valence-electron chi connectivity index (χ4n) is 1.25. The zero-order chi connectivity index (χ0) is 7.40. The second-order valence-corrected chi connectivity index (χ2v) is 2.97. The summed E-state index contributed by atoms with van der Waals surface area (Å²) in [5, 5.41) is 3.35. The van der Waals surface area contributed by atoms with E-state index < -0.39 is 0 Å². The maximum atomic E-state index is 5.70. The highest BCUT2D eigenvalue weighted by atomic mass is 16.5. The van der Waals surface area contributed by atoms with E-state index in [2.05, 4.69) is 19.2 Å². The lowest BCUT2D eigenvalue weighted by Gasteiger charge is -2.15. The van der Waals surface area contributed by atoms with Crippen molar-refractivity contribution in [3.8, 4) is 0 Å². The van der Waals surface area contributed by atoms with Crippen LogP contribution in [0.1, 0.15) is 26.7 Å². The lowest BCUT2D eigenvalue weighted by Crippen LogP contribution is -2.25. The molecule has 10 heavy (non-hydrogen) atoms. The Labute approximate surface area is 63.0 Å². The van der Waals surface area contributed by atoms with Crippen molar-refractivity contribution >= 4 is 0 Å². The number of hydrogen-bond donors (Lipinski definition) is 1. The Morgan fingerprint density at radius 3 is 3.10 bits per heavy atom. The Kier molecular flexibility index (Phi) is 3.16. The van der Waals surface area contributed by atoms with Gasteiger partial charge in [-0.2, -0.15) is 0 Å². The summed E-state index contributed by atoms with van der Waals surface area (Å²) in [7, 11) is 0. The van der Waals surface area contributed by atoms with Crippen LogP contribution in [0.3, 0.4) is 0 Å². The van der Waals surface area contributed by atoms with E-state index in [-0.39, 0.29) is 0 Å². The molecule has 1 fully saturated rings. The summed E-state index contributed by atoms with van der Waals surface area (Å²) in [4.78, 5) is 0. The summed E-state index contributed by atoms with van der Waals surface area (Å²) in [6.07, 6.45) is 3.16. The minimum atomic E-state index is 0.442. The molecule has 1 rings (SSSR count). The standard InChI is InChI=1S/C8H17NO/c1-3-8-6-9-5-4-7(2)10-8/h7-9H,3-6H2,1-2H3/t7-,8+/m1/s1. The van der Waals surface area contributed by atoms with Crippen molar-refractivity contribution in [2.75, 3.05) is 13.1 Å². The first kappa shape index (κ1) is 8.02. The third-order valence-corrected chi connectivity index (χ3v) is 1.98. The minimum absolute atomic E-state index is 0.442. The predicted molar refractivity (Wildman–Crippen MR) is 42.1 cm³/mol. The molecule has 2 atom stereocenters. The number of hydrogen-bond acceptors (Lipinski definition) is 2. The smallest absolute Gasteiger partial charge is 0.0700 e. The van der Waals surface area contributed by atoms with Crippen LogP contribution in [0.15, 0.2) is 0 Å². The maximum absolute atomic E-state index is 5.70. The molecule has 1 N–H and O–H groups in total. The lowest BCUT2D eigenvalue weighted by atomic mass is 10.3. The van der Waals surface area contributed by atoms with Gasteiger partial charge in [0.2, 0.25) is 0 Å². The van der Waals surface area contributed by atoms with Gasteiger partial charge in [-0.25, -0.2) is 0 Å². The molecular formula is C8H17NO. The van der Waals surface area contributed by atoms with Crippen molar-refractivity contribution in [2.45, 2.75) is 38.9 Å². The van der Waals surface area contributed by atoms with Gasteiger partial charge in [-0.1, -0.05) is 6.92 Å². The van der Waals surface area contributed by atoms with Crippen LogP contribution >= 0.6 is 0 Å². The molecule has 0 aromatic heterocycles. The Bertz CT molecular complexity index is 95.3. The van der Waals surface area contributed by atoms with Crippen LogP contribution in [-0.2, 0) is 4.74 Å². The highest BCUT2D eigenvalue weighted by Crippen LogP contribution is 2.07. The molecule has 1 saturated heterocycles. The minimum Gasteiger partial charge on any atom is -0.374 e. The van der Waals surface area contributed by atoms with Crippen LogP contribution in [0, 0.1) is 0 Å². The normalized spacial score (nSPS) is 35.4. The first-order chi connectivity index (χ1) is 4.83. The highest BCUT2D eigenvalue weighted by molar-refractivity contribution is 4.67. The monoisotopic (exact) mass is 143 g/mol. The Hall–Kier alpha value is -0.0800. The summed E-state index contributed by atoms with van der Waals surface area (Å²) >= 11 is 0. The molecule has 60 valence electrons. The SMILES string of the molecule is CC[C@H]1CNCC[C@@H](C)O1. The zero-order valence-corrected chi connectivity index (χ0v) is 6.89. The van der Waals surface area contributed by atoms with Gasteiger partial charge in [0.25, 0.3) is 0 Å². The van der Waals surface area contributed by atoms with Crippen molar-refractivity contribution < 1.29 is 4.74 Å². The molecule has 0 bridgehead atoms. The molecule has 1 heterocycles. The summed E-state index contributed by atoms with van der Waals surface area (Å²) in [6.45, 7) is 6.46. The molecule has 2 nitrogen and oxygen atoms in total. The van der Waals surface area contributed by atoms with E-state index in [1.165, 1.54) is 0 Å². The van der Waals surface area contributed by atoms with Gasteiger partial charge in [0.05, 0.1) is 12.2 Å². The van der Waals surface area contributed by atoms with Gasteiger partial charge >= 0.3 is 0 Å². The number of ether oxygens (including phenoxy) is 1. The van der Waals surface area contributed by atoms with E-state index in [0.717, 1.165) is 25.9 Å². The van der Waals surface area contributed by atoms with E-state index in [4.69, 9.17) is 4.74 Å². The van der Waals surface area contributed by atoms with Crippen LogP contribution in [-0.4, -0.2) is 25.3 Å². The summed E-state index contributed by atoms with van der Waals surface area (Å²) in [6, 6.07) is 0. The third-order valence-electron chi connectivity index (χ3n) is 1.98. The molecule has 0 radical (unpaired) electrons. The molecule has 0 saturated carbocycles. The molecule has 0 aliphatic carbocycles. The van der Waals surface area contributed by atoms with Gasteiger partial charge in [-0.15, -0.1) is 0 Å². The fourth-order valence-corrected chi connectivity index (χ4v) is 1.25. The summed E-state index contributed by atoms with van der Waals surface area (Å²) < 4.78 is 5.70. The van der Waals surface area contributed by atoms with Crippen LogP contribution in [0.25, 0.3) is 0 Å². The first-order valence-electron chi connectivity index (χ1n) is 4.19. The molecule has 0 spiro atoms. The molecule has 1 aliphatic heterocycles. The predicted octanol–water partition coefficient (Wildman–Crippen LogP) is 1.16. The first-order valence-corrected chi connectivity index (χ1v) is 4.19. The van der Waals surface area contributed by atoms with Gasteiger partial charge in [0.1, 0.15) is 0 Å². The molecule has 0 unspecified atom stereocenters. The average Bonchev–Trinajstić information content (AvgIpc) is 2.13. The van der Waals surface area contributed by atoms with Gasteiger partial charge < -0.3 is 10.1 Å². The molecule has 0 aromatic rings. The van der Waals surface area contributed by atoms with Crippen LogP contribution in [0.5, 0.6) is 0 Å². The summed E-state index contributed by atoms with van der Waals surface area (Å²) in [5.41, 5.74) is 0. The van der Waals surface area contributed by atoms with Crippen molar-refractivity contribution in [3.63, 3.8) is 0 Å². The van der Waals surface area contributed by atoms with Gasteiger partial charge in [0, 0.05) is 6.54 Å². The zero-order valence-electron chi connectivity index (χ0n) is 6.89. The van der Waals surface area contributed by atoms with Gasteiger partial charge in [-0.3, -0.25) is 0 Å². The van der Waals surface area contributed by atoms with Gasteiger partial charge in [-0.05, 0) is 26.3 Å². The molecular weight excluding hydrogens is 126 g/mol. The Morgan fingerprint density at radius 2 is 2.40 bits per heavy atom. The van der Waals surface area contributed by atoms with Crippen LogP contribution < -0.4 is 5.32 Å². The van der Waals surface area contributed by atoms with E-state index in [0.29, 0.717) is 12.2 Å². The maximum Gasteiger partial charge on any atom is 0.0700 e. The van der Waals surface area contributed by atoms with Crippen molar-refractivity contribution in [1.29, 1.82) is 0 Å². The number of nitrogens with one attached hydrogen (secondary N) is 1. The van der Waals surface area contributed by atoms with E-state index >= 15 is 0 Å². The second-order valence-electron chi connectivity index (χ2n) is 2.97. The van der Waals surface area contributed by atoms with E-state index in [1.807, 2.05) is 0 Å². The van der Waals surface area contributed by atoms with Gasteiger partial charge in [0.15, 0.2) is 0 Å². The average molecular weight is 143 g/mol. The topological polar surface area (TPSA) is 21.3 Å². The third kappa shape index (κ3) is 2.27. The molecule has 0 amide bonds. The summed E-state index contributed by atoms with van der Waals surface area (Å²) in [5.74, 6) is 0. The van der Waals surface area contributed by atoms with E-state index in [9.17, 15) is 0 Å². The molecule has 2 heteroatoms. The Morgan fingerprint density at radius 1 is 1.60 bits per heavy atom. The fraction of sp³-hybridized carbons (Fsp3) is 1.00. The quantitative estimate of drug-likeness (QED) is 0.595. The number of rotatable bonds is 1. The Balaban J connectivity index is 2.30. The van der Waals surface area contributed by atoms with Crippen molar-refractivity contribution in [1.82, 2.24) is 5.32 Å². The molecule has 1 aliphatic rings.